The zero-order valence-corrected chi connectivity index (χ0v) is 16.6. The minimum atomic E-state index is -0.756. The van der Waals surface area contributed by atoms with Crippen molar-refractivity contribution in [1.29, 1.82) is 0 Å². The van der Waals surface area contributed by atoms with Crippen LogP contribution in [0.2, 0.25) is 5.02 Å². The van der Waals surface area contributed by atoms with Crippen LogP contribution in [-0.4, -0.2) is 47.3 Å². The van der Waals surface area contributed by atoms with Crippen molar-refractivity contribution in [3.8, 4) is 0 Å². The molecule has 156 valence electrons. The van der Waals surface area contributed by atoms with E-state index in [9.17, 15) is 24.5 Å². The molecule has 2 aromatic rings. The highest BCUT2D eigenvalue weighted by Crippen LogP contribution is 2.24. The third-order valence-electron chi connectivity index (χ3n) is 4.59. The van der Waals surface area contributed by atoms with Crippen LogP contribution in [0, 0.1) is 10.1 Å². The van der Waals surface area contributed by atoms with Crippen molar-refractivity contribution in [2.75, 3.05) is 25.0 Å². The molecule has 3 rings (SSSR count). The number of hydrogen-bond acceptors (Lipinski definition) is 6. The van der Waals surface area contributed by atoms with Gasteiger partial charge in [0, 0.05) is 25.2 Å². The first-order valence-corrected chi connectivity index (χ1v) is 9.54. The van der Waals surface area contributed by atoms with E-state index < -0.39 is 16.8 Å². The summed E-state index contributed by atoms with van der Waals surface area (Å²) in [4.78, 5) is 48.9. The number of carbonyl (C=O) groups excluding carboxylic acids is 3. The molecule has 9 nitrogen and oxygen atoms in total. The van der Waals surface area contributed by atoms with Crippen LogP contribution in [0.15, 0.2) is 42.5 Å². The van der Waals surface area contributed by atoms with Gasteiger partial charge < -0.3 is 15.0 Å². The van der Waals surface area contributed by atoms with E-state index in [4.69, 9.17) is 16.3 Å². The quantitative estimate of drug-likeness (QED) is 0.426. The van der Waals surface area contributed by atoms with Gasteiger partial charge in [-0.2, -0.15) is 0 Å². The molecule has 0 atom stereocenters. The van der Waals surface area contributed by atoms with Crippen LogP contribution in [0.1, 0.15) is 33.6 Å². The summed E-state index contributed by atoms with van der Waals surface area (Å²) in [5.74, 6) is -1.67. The summed E-state index contributed by atoms with van der Waals surface area (Å²) in [5.41, 5.74) is -0.00788. The average Bonchev–Trinajstić information content (AvgIpc) is 3.27. The molecular weight excluding hydrogens is 414 g/mol. The van der Waals surface area contributed by atoms with Crippen molar-refractivity contribution in [2.24, 2.45) is 0 Å². The van der Waals surface area contributed by atoms with Gasteiger partial charge in [-0.25, -0.2) is 4.79 Å². The molecule has 0 aliphatic carbocycles. The summed E-state index contributed by atoms with van der Waals surface area (Å²) in [6, 6.07) is 9.61. The van der Waals surface area contributed by atoms with Gasteiger partial charge in [0.2, 0.25) is 0 Å². The molecule has 0 bridgehead atoms. The molecule has 0 radical (unpaired) electrons. The summed E-state index contributed by atoms with van der Waals surface area (Å²) in [6.45, 7) is 0.924. The lowest BCUT2D eigenvalue weighted by Crippen LogP contribution is -2.32. The molecule has 1 aliphatic rings. The second kappa shape index (κ2) is 9.36. The first kappa shape index (κ1) is 21.3. The van der Waals surface area contributed by atoms with Gasteiger partial charge in [0.15, 0.2) is 6.61 Å². The number of nitrogens with one attached hydrogen (secondary N) is 1. The lowest BCUT2D eigenvalue weighted by atomic mass is 10.1. The predicted octanol–water partition coefficient (Wildman–Crippen LogP) is 3.28. The molecule has 1 aliphatic heterocycles. The number of non-ortho nitro benzene ring substituents is 1. The van der Waals surface area contributed by atoms with Gasteiger partial charge in [-0.1, -0.05) is 23.7 Å². The van der Waals surface area contributed by atoms with Gasteiger partial charge in [-0.05, 0) is 31.0 Å². The predicted molar refractivity (Wildman–Crippen MR) is 109 cm³/mol. The van der Waals surface area contributed by atoms with E-state index in [-0.39, 0.29) is 40.0 Å². The van der Waals surface area contributed by atoms with E-state index in [0.29, 0.717) is 13.1 Å². The van der Waals surface area contributed by atoms with Crippen molar-refractivity contribution in [1.82, 2.24) is 4.90 Å². The van der Waals surface area contributed by atoms with Crippen LogP contribution >= 0.6 is 11.6 Å². The molecule has 2 aromatic carbocycles. The second-order valence-electron chi connectivity index (χ2n) is 6.58. The number of benzene rings is 2. The highest BCUT2D eigenvalue weighted by molar-refractivity contribution is 6.34. The molecule has 0 aromatic heterocycles. The van der Waals surface area contributed by atoms with E-state index in [0.717, 1.165) is 25.0 Å². The summed E-state index contributed by atoms with van der Waals surface area (Å²) >= 11 is 5.98. The van der Waals surface area contributed by atoms with Crippen molar-refractivity contribution >= 4 is 40.8 Å². The van der Waals surface area contributed by atoms with E-state index in [2.05, 4.69) is 5.32 Å². The average molecular weight is 432 g/mol. The summed E-state index contributed by atoms with van der Waals surface area (Å²) in [6.07, 6.45) is 1.86. The van der Waals surface area contributed by atoms with Gasteiger partial charge in [0.25, 0.3) is 17.5 Å². The lowest BCUT2D eigenvalue weighted by Gasteiger charge is -2.15. The van der Waals surface area contributed by atoms with Gasteiger partial charge in [-0.3, -0.25) is 19.7 Å². The standard InChI is InChI=1S/C20H18ClN3O6/c21-16-11-13(24(28)29)7-8-14(16)19(26)22-17-6-2-1-5-15(17)20(27)30-12-18(25)23-9-3-4-10-23/h1-2,5-8,11H,3-4,9-10,12H2,(H,22,26). The van der Waals surface area contributed by atoms with Gasteiger partial charge in [0.1, 0.15) is 0 Å². The summed E-state index contributed by atoms with van der Waals surface area (Å²) in [7, 11) is 0. The van der Waals surface area contributed by atoms with E-state index >= 15 is 0 Å². The number of rotatable bonds is 6. The highest BCUT2D eigenvalue weighted by Gasteiger charge is 2.22. The Labute approximate surface area is 176 Å². The number of para-hydroxylation sites is 1. The number of nitrogens with zero attached hydrogens (tertiary/aromatic N) is 2. The number of likely N-dealkylation sites (tertiary alicyclic amines) is 1. The Bertz CT molecular complexity index is 1000. The number of nitro groups is 1. The maximum atomic E-state index is 12.6. The van der Waals surface area contributed by atoms with E-state index in [1.807, 2.05) is 0 Å². The number of carbonyl (C=O) groups is 3. The molecule has 1 N–H and O–H groups in total. The number of ether oxygens (including phenoxy) is 1. The Morgan fingerprint density at radius 2 is 1.80 bits per heavy atom. The maximum absolute atomic E-state index is 12.6. The number of amides is 2. The van der Waals surface area contributed by atoms with Crippen LogP contribution in [0.4, 0.5) is 11.4 Å². The van der Waals surface area contributed by atoms with Crippen LogP contribution in [0.5, 0.6) is 0 Å². The first-order chi connectivity index (χ1) is 14.4. The molecule has 10 heteroatoms. The van der Waals surface area contributed by atoms with Crippen LogP contribution in [0.3, 0.4) is 0 Å². The van der Waals surface area contributed by atoms with Gasteiger partial charge >= 0.3 is 5.97 Å². The van der Waals surface area contributed by atoms with Crippen molar-refractivity contribution in [3.05, 3.63) is 68.7 Å². The topological polar surface area (TPSA) is 119 Å². The smallest absolute Gasteiger partial charge is 0.340 e. The molecule has 1 fully saturated rings. The highest BCUT2D eigenvalue weighted by atomic mass is 35.5. The van der Waals surface area contributed by atoms with Gasteiger partial charge in [0.05, 0.1) is 26.8 Å². The zero-order valence-electron chi connectivity index (χ0n) is 15.8. The summed E-state index contributed by atoms with van der Waals surface area (Å²) in [5, 5.41) is 13.3. The van der Waals surface area contributed by atoms with Crippen molar-refractivity contribution < 1.29 is 24.0 Å². The minimum absolute atomic E-state index is 0.00893. The largest absolute Gasteiger partial charge is 0.452 e. The van der Waals surface area contributed by atoms with Crippen LogP contribution < -0.4 is 5.32 Å². The molecule has 30 heavy (non-hydrogen) atoms. The SMILES string of the molecule is O=C(Nc1ccccc1C(=O)OCC(=O)N1CCCC1)c1ccc([N+](=O)[O-])cc1Cl. The third-order valence-corrected chi connectivity index (χ3v) is 4.90. The molecule has 0 spiro atoms. The Hall–Kier alpha value is -3.46. The minimum Gasteiger partial charge on any atom is -0.452 e. The Morgan fingerprint density at radius 1 is 1.10 bits per heavy atom. The monoisotopic (exact) mass is 431 g/mol. The number of nitro benzene ring substituents is 1. The Morgan fingerprint density at radius 3 is 2.47 bits per heavy atom. The number of esters is 1. The van der Waals surface area contributed by atoms with E-state index in [1.54, 1.807) is 17.0 Å². The number of anilines is 1. The van der Waals surface area contributed by atoms with Crippen molar-refractivity contribution in [2.45, 2.75) is 12.8 Å². The normalized spacial score (nSPS) is 13.0. The number of halogens is 1. The number of hydrogen-bond donors (Lipinski definition) is 1. The molecule has 0 saturated carbocycles. The second-order valence-corrected chi connectivity index (χ2v) is 6.99. The molecule has 0 unspecified atom stereocenters. The maximum Gasteiger partial charge on any atom is 0.340 e. The molecule has 2 amide bonds. The van der Waals surface area contributed by atoms with Crippen LogP contribution in [-0.2, 0) is 9.53 Å². The fourth-order valence-corrected chi connectivity index (χ4v) is 3.28. The Kier molecular flexibility index (Phi) is 6.63. The zero-order chi connectivity index (χ0) is 21.7. The van der Waals surface area contributed by atoms with Gasteiger partial charge in [-0.15, -0.1) is 0 Å². The lowest BCUT2D eigenvalue weighted by molar-refractivity contribution is -0.384. The fourth-order valence-electron chi connectivity index (χ4n) is 3.02. The van der Waals surface area contributed by atoms with E-state index in [1.165, 1.54) is 18.2 Å². The molecule has 1 saturated heterocycles. The fraction of sp³-hybridized carbons (Fsp3) is 0.250. The molecular formula is C20H18ClN3O6. The third kappa shape index (κ3) is 4.93. The van der Waals surface area contributed by atoms with Crippen LogP contribution in [0.25, 0.3) is 0 Å². The first-order valence-electron chi connectivity index (χ1n) is 9.16. The summed E-state index contributed by atoms with van der Waals surface area (Å²) < 4.78 is 5.11. The van der Waals surface area contributed by atoms with Crippen molar-refractivity contribution in [3.63, 3.8) is 0 Å². The molecule has 1 heterocycles. The Balaban J connectivity index is 1.70.